The number of pyridine rings is 1. The fourth-order valence-corrected chi connectivity index (χ4v) is 2.51. The summed E-state index contributed by atoms with van der Waals surface area (Å²) in [5.74, 6) is -1.26. The largest absolute Gasteiger partial charge is 0.434 e. The van der Waals surface area contributed by atoms with Crippen LogP contribution >= 0.6 is 11.6 Å². The van der Waals surface area contributed by atoms with Gasteiger partial charge in [-0.05, 0) is 36.4 Å². The highest BCUT2D eigenvalue weighted by Gasteiger charge is 2.41. The van der Waals surface area contributed by atoms with Gasteiger partial charge in [0.1, 0.15) is 0 Å². The highest BCUT2D eigenvalue weighted by Crippen LogP contribution is 2.34. The number of carbonyl (C=O) groups excluding carboxylic acids is 1. The van der Waals surface area contributed by atoms with Crippen LogP contribution in [0.25, 0.3) is 5.82 Å². The lowest BCUT2D eigenvalue weighted by atomic mass is 10.2. The van der Waals surface area contributed by atoms with Gasteiger partial charge in [-0.3, -0.25) is 4.79 Å². The Morgan fingerprint density at radius 2 is 1.93 bits per heavy atom. The number of alkyl halides is 3. The van der Waals surface area contributed by atoms with E-state index in [-0.39, 0.29) is 16.5 Å². The van der Waals surface area contributed by atoms with Gasteiger partial charge < -0.3 is 5.32 Å². The zero-order valence-corrected chi connectivity index (χ0v) is 14.1. The third-order valence-corrected chi connectivity index (χ3v) is 3.79. The number of carbonyl (C=O) groups is 1. The molecule has 0 aliphatic carbocycles. The second-order valence-corrected chi connectivity index (χ2v) is 5.68. The molecule has 27 heavy (non-hydrogen) atoms. The first-order valence-electron chi connectivity index (χ1n) is 7.39. The first-order valence-corrected chi connectivity index (χ1v) is 7.76. The second kappa shape index (κ2) is 7.09. The van der Waals surface area contributed by atoms with Gasteiger partial charge in [-0.25, -0.2) is 9.67 Å². The fourth-order valence-electron chi connectivity index (χ4n) is 2.31. The number of hydrogen-bond acceptors (Lipinski definition) is 4. The number of aromatic nitrogens is 3. The summed E-state index contributed by atoms with van der Waals surface area (Å²) in [6.07, 6.45) is -2.82. The predicted molar refractivity (Wildman–Crippen MR) is 90.5 cm³/mol. The molecule has 0 saturated heterocycles. The quantitative estimate of drug-likeness (QED) is 0.729. The molecule has 136 valence electrons. The van der Waals surface area contributed by atoms with Crippen molar-refractivity contribution in [1.29, 1.82) is 5.26 Å². The molecule has 0 unspecified atom stereocenters. The first kappa shape index (κ1) is 18.4. The van der Waals surface area contributed by atoms with Crippen LogP contribution in [0.2, 0.25) is 5.02 Å². The molecule has 3 rings (SSSR count). The Hall–Kier alpha value is -3.38. The molecule has 1 N–H and O–H groups in total. The van der Waals surface area contributed by atoms with Crippen LogP contribution in [0, 0.1) is 11.3 Å². The second-order valence-electron chi connectivity index (χ2n) is 5.27. The van der Waals surface area contributed by atoms with Crippen LogP contribution in [0.15, 0.2) is 48.8 Å². The molecule has 1 amide bonds. The van der Waals surface area contributed by atoms with Crippen molar-refractivity contribution in [3.8, 4) is 11.9 Å². The lowest BCUT2D eigenvalue weighted by molar-refractivity contribution is -0.143. The van der Waals surface area contributed by atoms with Crippen molar-refractivity contribution in [1.82, 2.24) is 14.8 Å². The minimum atomic E-state index is -4.88. The Labute approximate surface area is 155 Å². The number of anilines is 1. The molecule has 0 radical (unpaired) electrons. The van der Waals surface area contributed by atoms with Crippen molar-refractivity contribution in [3.63, 3.8) is 0 Å². The van der Waals surface area contributed by atoms with Gasteiger partial charge in [0, 0.05) is 11.9 Å². The van der Waals surface area contributed by atoms with Gasteiger partial charge in [-0.15, -0.1) is 0 Å². The van der Waals surface area contributed by atoms with Crippen molar-refractivity contribution in [2.24, 2.45) is 0 Å². The summed E-state index contributed by atoms with van der Waals surface area (Å²) in [5.41, 5.74) is -1.40. The van der Waals surface area contributed by atoms with Crippen molar-refractivity contribution in [2.75, 3.05) is 5.32 Å². The molecule has 0 bridgehead atoms. The Kier molecular flexibility index (Phi) is 4.83. The third-order valence-electron chi connectivity index (χ3n) is 3.49. The zero-order chi connectivity index (χ0) is 19.6. The van der Waals surface area contributed by atoms with Crippen molar-refractivity contribution in [3.05, 3.63) is 70.6 Å². The summed E-state index contributed by atoms with van der Waals surface area (Å²) in [6.45, 7) is 0. The Balaban J connectivity index is 2.01. The minimum Gasteiger partial charge on any atom is -0.322 e. The molecule has 10 heteroatoms. The lowest BCUT2D eigenvalue weighted by Crippen LogP contribution is -2.21. The monoisotopic (exact) mass is 391 g/mol. The van der Waals surface area contributed by atoms with E-state index >= 15 is 0 Å². The van der Waals surface area contributed by atoms with Gasteiger partial charge in [-0.1, -0.05) is 11.6 Å². The molecule has 2 aromatic heterocycles. The average molecular weight is 392 g/mol. The summed E-state index contributed by atoms with van der Waals surface area (Å²) in [7, 11) is 0. The normalized spacial score (nSPS) is 11.1. The molecule has 0 atom stereocenters. The number of benzene rings is 1. The van der Waals surface area contributed by atoms with Gasteiger partial charge in [0.05, 0.1) is 28.4 Å². The first-order chi connectivity index (χ1) is 12.8. The number of hydrogen-bond donors (Lipinski definition) is 1. The van der Waals surface area contributed by atoms with E-state index in [1.165, 1.54) is 42.6 Å². The molecular weight excluding hydrogens is 383 g/mol. The molecule has 0 aliphatic heterocycles. The van der Waals surface area contributed by atoms with E-state index in [2.05, 4.69) is 15.4 Å². The van der Waals surface area contributed by atoms with Crippen LogP contribution in [0.5, 0.6) is 0 Å². The van der Waals surface area contributed by atoms with E-state index < -0.39 is 23.3 Å². The van der Waals surface area contributed by atoms with Gasteiger partial charge in [-0.2, -0.15) is 23.5 Å². The van der Waals surface area contributed by atoms with Crippen LogP contribution in [0.3, 0.4) is 0 Å². The summed E-state index contributed by atoms with van der Waals surface area (Å²) in [5, 5.41) is 14.7. The minimum absolute atomic E-state index is 0.0508. The van der Waals surface area contributed by atoms with E-state index in [4.69, 9.17) is 16.9 Å². The summed E-state index contributed by atoms with van der Waals surface area (Å²) in [6, 6.07) is 10.4. The molecule has 6 nitrogen and oxygen atoms in total. The molecule has 3 aromatic rings. The van der Waals surface area contributed by atoms with Crippen molar-refractivity contribution < 1.29 is 18.0 Å². The van der Waals surface area contributed by atoms with Crippen molar-refractivity contribution in [2.45, 2.75) is 6.18 Å². The highest BCUT2D eigenvalue weighted by atomic mass is 35.5. The van der Waals surface area contributed by atoms with E-state index in [1.807, 2.05) is 6.07 Å². The van der Waals surface area contributed by atoms with Gasteiger partial charge in [0.15, 0.2) is 11.5 Å². The van der Waals surface area contributed by atoms with Crippen LogP contribution in [0.1, 0.15) is 21.6 Å². The molecule has 0 spiro atoms. The summed E-state index contributed by atoms with van der Waals surface area (Å²) in [4.78, 5) is 16.2. The van der Waals surface area contributed by atoms with E-state index in [1.54, 1.807) is 0 Å². The molecule has 1 aromatic carbocycles. The number of halogens is 4. The maximum Gasteiger partial charge on any atom is 0.434 e. The average Bonchev–Trinajstić information content (AvgIpc) is 3.08. The molecule has 2 heterocycles. The summed E-state index contributed by atoms with van der Waals surface area (Å²) >= 11 is 5.91. The Morgan fingerprint density at radius 3 is 2.52 bits per heavy atom. The lowest BCUT2D eigenvalue weighted by Gasteiger charge is -2.13. The standard InChI is InChI=1S/C17H9ClF3N5O/c18-13-2-1-7-23-15(13)26-14(17(19,20)21)12(9-24-26)16(27)25-11-5-3-10(8-22)4-6-11/h1-7,9H,(H,25,27). The fraction of sp³-hybridized carbons (Fsp3) is 0.0588. The highest BCUT2D eigenvalue weighted by molar-refractivity contribution is 6.32. The molecule has 0 saturated carbocycles. The maximum absolute atomic E-state index is 13.6. The van der Waals surface area contributed by atoms with Crippen LogP contribution < -0.4 is 5.32 Å². The van der Waals surface area contributed by atoms with Gasteiger partial charge in [0.2, 0.25) is 0 Å². The van der Waals surface area contributed by atoms with Crippen LogP contribution in [-0.2, 0) is 6.18 Å². The number of amides is 1. The number of nitrogens with one attached hydrogen (secondary N) is 1. The third kappa shape index (κ3) is 3.75. The molecular formula is C17H9ClF3N5O. The van der Waals surface area contributed by atoms with E-state index in [0.717, 1.165) is 6.20 Å². The Morgan fingerprint density at radius 1 is 1.22 bits per heavy atom. The SMILES string of the molecule is N#Cc1ccc(NC(=O)c2cnn(-c3ncccc3Cl)c2C(F)(F)F)cc1. The van der Waals surface area contributed by atoms with Crippen molar-refractivity contribution >= 4 is 23.2 Å². The molecule has 0 aliphatic rings. The Bertz CT molecular complexity index is 1040. The summed E-state index contributed by atoms with van der Waals surface area (Å²) < 4.78 is 41.3. The van der Waals surface area contributed by atoms with Crippen LogP contribution in [-0.4, -0.2) is 20.7 Å². The molecule has 0 fully saturated rings. The smallest absolute Gasteiger partial charge is 0.322 e. The zero-order valence-electron chi connectivity index (χ0n) is 13.3. The van der Waals surface area contributed by atoms with Gasteiger partial charge in [0.25, 0.3) is 5.91 Å². The maximum atomic E-state index is 13.6. The number of nitriles is 1. The van der Waals surface area contributed by atoms with E-state index in [0.29, 0.717) is 10.2 Å². The van der Waals surface area contributed by atoms with E-state index in [9.17, 15) is 18.0 Å². The number of rotatable bonds is 3. The van der Waals surface area contributed by atoms with Crippen LogP contribution in [0.4, 0.5) is 18.9 Å². The topological polar surface area (TPSA) is 83.6 Å². The predicted octanol–water partition coefficient (Wildman–Crippen LogP) is 4.06. The van der Waals surface area contributed by atoms with Gasteiger partial charge >= 0.3 is 6.18 Å². The number of nitrogens with zero attached hydrogens (tertiary/aromatic N) is 4.